The number of ether oxygens (including phenoxy) is 1. The average Bonchev–Trinajstić information content (AvgIpc) is 2.52. The van der Waals surface area contributed by atoms with Gasteiger partial charge in [-0.05, 0) is 0 Å². The van der Waals surface area contributed by atoms with Gasteiger partial charge in [-0.2, -0.15) is 101 Å². The maximum absolute atomic E-state index is 14.2. The van der Waals surface area contributed by atoms with Crippen LogP contribution in [0.4, 0.5) is 101 Å². The molecule has 36 heavy (non-hydrogen) atoms. The molecule has 0 rings (SSSR count). The summed E-state index contributed by atoms with van der Waals surface area (Å²) in [4.78, 5) is -5.18. The quantitative estimate of drug-likeness (QED) is 0.220. The van der Waals surface area contributed by atoms with Gasteiger partial charge in [0.1, 0.15) is 0 Å². The summed E-state index contributed by atoms with van der Waals surface area (Å²) in [6.45, 7) is 0. The van der Waals surface area contributed by atoms with E-state index in [0.29, 0.717) is 0 Å². The van der Waals surface area contributed by atoms with Crippen molar-refractivity contribution in [1.29, 1.82) is 0 Å². The Morgan fingerprint density at radius 2 is 0.750 bits per heavy atom. The molecule has 2 nitrogen and oxygen atoms in total. The molecule has 0 heterocycles. The number of hydrogen-bond donors (Lipinski definition) is 0. The zero-order valence-electron chi connectivity index (χ0n) is 15.0. The van der Waals surface area contributed by atoms with Crippen LogP contribution in [0.3, 0.4) is 0 Å². The molecule has 0 aliphatic rings. The first kappa shape index (κ1) is 34.0. The van der Waals surface area contributed by atoms with Crippen LogP contribution < -0.4 is 0 Å². The minimum Gasteiger partial charge on any atom is -0.287 e. The monoisotopic (exact) mass is 599 g/mol. The van der Waals surface area contributed by atoms with Crippen LogP contribution in [0.1, 0.15) is 0 Å². The maximum atomic E-state index is 14.2. The summed E-state index contributed by atoms with van der Waals surface area (Å²) < 4.78 is 299. The first-order chi connectivity index (χ1) is 15.2. The van der Waals surface area contributed by atoms with Crippen LogP contribution in [0.2, 0.25) is 0 Å². The highest BCUT2D eigenvalue weighted by Crippen LogP contribution is 2.66. The van der Waals surface area contributed by atoms with Crippen LogP contribution >= 0.6 is 0 Å². The van der Waals surface area contributed by atoms with Crippen LogP contribution in [-0.2, 0) is 4.74 Å². The second kappa shape index (κ2) is 8.82. The van der Waals surface area contributed by atoms with Crippen LogP contribution in [0.5, 0.6) is 0 Å². The molecule has 0 amide bonds. The molecular weight excluding hydrogens is 599 g/mol. The molecule has 25 heteroatoms. The van der Waals surface area contributed by atoms with E-state index in [9.17, 15) is 101 Å². The summed E-state index contributed by atoms with van der Waals surface area (Å²) in [5.41, 5.74) is -9.58. The summed E-state index contributed by atoms with van der Waals surface area (Å²) >= 11 is 0. The Morgan fingerprint density at radius 1 is 0.472 bits per heavy atom. The Labute approximate surface area is 178 Å². The first-order valence-electron chi connectivity index (χ1n) is 7.18. The summed E-state index contributed by atoms with van der Waals surface area (Å²) in [6, 6.07) is -9.43. The summed E-state index contributed by atoms with van der Waals surface area (Å²) in [5.74, 6) is -23.8. The zero-order valence-corrected chi connectivity index (χ0v) is 15.0. The van der Waals surface area contributed by atoms with Crippen molar-refractivity contribution >= 4 is 0 Å². The molecule has 0 atom stereocenters. The van der Waals surface area contributed by atoms with Crippen molar-refractivity contribution in [2.24, 2.45) is 0 Å². The largest absolute Gasteiger partial charge is 0.472 e. The summed E-state index contributed by atoms with van der Waals surface area (Å²) in [7, 11) is 0. The Bertz CT molecular complexity index is 779. The minimum absolute atomic E-state index is 1.09. The molecule has 0 fully saturated rings. The van der Waals surface area contributed by atoms with Crippen molar-refractivity contribution in [3.63, 3.8) is 0 Å². The highest BCUT2D eigenvalue weighted by atomic mass is 19.4. The zero-order chi connectivity index (χ0) is 29.9. The van der Waals surface area contributed by atoms with Crippen molar-refractivity contribution in [2.45, 2.75) is 54.6 Å². The molecule has 0 aromatic rings. The summed E-state index contributed by atoms with van der Waals surface area (Å²) in [5, 5.41) is 0. The van der Waals surface area contributed by atoms with E-state index in [2.05, 4.69) is 0 Å². The van der Waals surface area contributed by atoms with Gasteiger partial charge in [-0.15, -0.1) is 0 Å². The van der Waals surface area contributed by atoms with E-state index >= 15 is 0 Å². The van der Waals surface area contributed by atoms with Crippen LogP contribution in [0.25, 0.3) is 0 Å². The van der Waals surface area contributed by atoms with Crippen molar-refractivity contribution in [3.8, 4) is 0 Å². The summed E-state index contributed by atoms with van der Waals surface area (Å²) in [6.07, 6.45) is -46.9. The lowest BCUT2D eigenvalue weighted by Crippen LogP contribution is -2.84. The van der Waals surface area contributed by atoms with Crippen molar-refractivity contribution in [1.82, 2.24) is 4.90 Å². The van der Waals surface area contributed by atoms with E-state index in [1.54, 1.807) is 0 Å². The van der Waals surface area contributed by atoms with Crippen LogP contribution in [0, 0.1) is 0 Å². The second-order valence-corrected chi connectivity index (χ2v) is 5.83. The van der Waals surface area contributed by atoms with Gasteiger partial charge in [0.2, 0.25) is 0 Å². The van der Waals surface area contributed by atoms with Gasteiger partial charge in [0, 0.05) is 0 Å². The molecule has 0 saturated carbocycles. The SMILES string of the molecule is FC(F)=C(F)C(F)(F)OC(C(F)(F)N(C(F)(F)F)C(F)(F)F)(C(F)(F)C(F)(F)F)C(F)(F)C(F)(F)F. The number of alkyl halides is 20. The van der Waals surface area contributed by atoms with E-state index in [0.717, 1.165) is 4.74 Å². The Kier molecular flexibility index (Phi) is 8.34. The highest BCUT2D eigenvalue weighted by Gasteiger charge is 2.98. The van der Waals surface area contributed by atoms with Gasteiger partial charge in [-0.1, -0.05) is 4.90 Å². The van der Waals surface area contributed by atoms with E-state index in [-0.39, 0.29) is 0 Å². The second-order valence-electron chi connectivity index (χ2n) is 5.83. The molecule has 0 radical (unpaired) electrons. The van der Waals surface area contributed by atoms with Crippen molar-refractivity contribution in [3.05, 3.63) is 11.9 Å². The van der Waals surface area contributed by atoms with Gasteiger partial charge >= 0.3 is 55.0 Å². The fourth-order valence-corrected chi connectivity index (χ4v) is 2.13. The lowest BCUT2D eigenvalue weighted by molar-refractivity contribution is -0.547. The Balaban J connectivity index is 8.48. The molecular formula is C11F23NO. The minimum atomic E-state index is -9.58. The Morgan fingerprint density at radius 3 is 0.944 bits per heavy atom. The van der Waals surface area contributed by atoms with Gasteiger partial charge in [0.15, 0.2) is 0 Å². The van der Waals surface area contributed by atoms with Crippen LogP contribution in [-0.4, -0.2) is 59.5 Å². The third-order valence-electron chi connectivity index (χ3n) is 3.51. The van der Waals surface area contributed by atoms with Gasteiger partial charge in [0.25, 0.3) is 11.4 Å². The molecule has 0 aliphatic heterocycles. The third kappa shape index (κ3) is 5.20. The molecule has 0 aromatic heterocycles. The molecule has 0 N–H and O–H groups in total. The fourth-order valence-electron chi connectivity index (χ4n) is 2.13. The fraction of sp³-hybridized carbons (Fsp3) is 0.818. The normalized spacial score (nSPS) is 16.0. The van der Waals surface area contributed by atoms with Gasteiger partial charge < -0.3 is 0 Å². The number of hydrogen-bond acceptors (Lipinski definition) is 2. The van der Waals surface area contributed by atoms with E-state index in [1.807, 2.05) is 0 Å². The molecule has 0 bridgehead atoms. The Hall–Kier alpha value is -1.95. The predicted molar refractivity (Wildman–Crippen MR) is 60.0 cm³/mol. The number of halogens is 23. The van der Waals surface area contributed by atoms with Crippen molar-refractivity contribution < 1.29 is 106 Å². The smallest absolute Gasteiger partial charge is 0.287 e. The number of nitrogens with zero attached hydrogens (tertiary/aromatic N) is 1. The lowest BCUT2D eigenvalue weighted by atomic mass is 9.83. The standard InChI is InChI=1S/C11F23NO/c12-1(2(13)14)3(15,16)36-4(5(17,18)7(21,22)23,6(19,20)8(24,25)26)9(27,28)35(10(29,30)31)11(32,33)34. The molecule has 0 saturated heterocycles. The van der Waals surface area contributed by atoms with Gasteiger partial charge in [-0.25, -0.2) is 0 Å². The van der Waals surface area contributed by atoms with Crippen LogP contribution in [0.15, 0.2) is 11.9 Å². The van der Waals surface area contributed by atoms with Gasteiger partial charge in [-0.3, -0.25) is 4.74 Å². The molecule has 0 unspecified atom stereocenters. The molecule has 0 aromatic carbocycles. The van der Waals surface area contributed by atoms with Gasteiger partial charge in [0.05, 0.1) is 0 Å². The lowest BCUT2D eigenvalue weighted by Gasteiger charge is -2.51. The predicted octanol–water partition coefficient (Wildman–Crippen LogP) is 7.74. The molecule has 0 aliphatic carbocycles. The first-order valence-corrected chi connectivity index (χ1v) is 7.18. The number of rotatable bonds is 7. The van der Waals surface area contributed by atoms with E-state index < -0.39 is 71.4 Å². The highest BCUT2D eigenvalue weighted by molar-refractivity contribution is 5.20. The van der Waals surface area contributed by atoms with E-state index in [4.69, 9.17) is 0 Å². The molecule has 0 spiro atoms. The van der Waals surface area contributed by atoms with E-state index in [1.165, 1.54) is 0 Å². The topological polar surface area (TPSA) is 12.5 Å². The maximum Gasteiger partial charge on any atom is 0.472 e. The molecule has 216 valence electrons. The van der Waals surface area contributed by atoms with Crippen molar-refractivity contribution in [2.75, 3.05) is 0 Å². The third-order valence-corrected chi connectivity index (χ3v) is 3.51. The average molecular weight is 599 g/mol.